The van der Waals surface area contributed by atoms with Crippen molar-refractivity contribution in [3.63, 3.8) is 0 Å². The van der Waals surface area contributed by atoms with E-state index in [4.69, 9.17) is 16.3 Å². The number of fused-ring (bicyclic) bond motifs is 3. The third-order valence-electron chi connectivity index (χ3n) is 10.3. The van der Waals surface area contributed by atoms with Gasteiger partial charge in [0, 0.05) is 37.8 Å². The molecule has 2 aromatic carbocycles. The number of benzene rings is 2. The van der Waals surface area contributed by atoms with Crippen LogP contribution in [0.3, 0.4) is 0 Å². The molecule has 0 saturated carbocycles. The van der Waals surface area contributed by atoms with Crippen LogP contribution in [0.25, 0.3) is 11.6 Å². The summed E-state index contributed by atoms with van der Waals surface area (Å²) in [6, 6.07) is 21.2. The number of allylic oxidation sites excluding steroid dienone is 2. The Kier molecular flexibility index (Phi) is 8.82. The zero-order valence-electron chi connectivity index (χ0n) is 26.1. The first-order valence-electron chi connectivity index (χ1n) is 16.4. The first kappa shape index (κ1) is 30.9. The molecule has 2 amide bonds. The van der Waals surface area contributed by atoms with Gasteiger partial charge in [-0.15, -0.1) is 0 Å². The maximum Gasteiger partial charge on any atom is 0.234 e. The number of amides is 2. The van der Waals surface area contributed by atoms with Crippen molar-refractivity contribution in [2.75, 3.05) is 19.7 Å². The summed E-state index contributed by atoms with van der Waals surface area (Å²) in [6.07, 6.45) is 7.36. The molecule has 238 valence electrons. The molecule has 1 aromatic heterocycles. The van der Waals surface area contributed by atoms with E-state index in [0.717, 1.165) is 55.7 Å². The fourth-order valence-corrected chi connectivity index (χ4v) is 8.35. The van der Waals surface area contributed by atoms with Crippen molar-refractivity contribution in [3.05, 3.63) is 106 Å². The van der Waals surface area contributed by atoms with Gasteiger partial charge in [0.15, 0.2) is 0 Å². The van der Waals surface area contributed by atoms with Crippen LogP contribution < -0.4 is 0 Å². The summed E-state index contributed by atoms with van der Waals surface area (Å²) >= 11 is 6.46. The number of piperidine rings is 1. The number of ether oxygens (including phenoxy) is 1. The molecule has 46 heavy (non-hydrogen) atoms. The maximum absolute atomic E-state index is 14.1. The zero-order valence-corrected chi connectivity index (χ0v) is 26.9. The van der Waals surface area contributed by atoms with E-state index in [1.54, 1.807) is 23.2 Å². The molecule has 4 atom stereocenters. The van der Waals surface area contributed by atoms with Crippen LogP contribution in [0.5, 0.6) is 5.75 Å². The Morgan fingerprint density at radius 2 is 1.80 bits per heavy atom. The molecule has 3 aromatic rings. The number of rotatable bonds is 8. The molecule has 8 heteroatoms. The minimum atomic E-state index is -0.333. The lowest BCUT2D eigenvalue weighted by Crippen LogP contribution is -2.47. The Balaban J connectivity index is 1.04. The minimum absolute atomic E-state index is 0.00630. The van der Waals surface area contributed by atoms with Crippen molar-refractivity contribution >= 4 is 35.1 Å². The summed E-state index contributed by atoms with van der Waals surface area (Å²) in [6.45, 7) is 5.24. The van der Waals surface area contributed by atoms with Crippen LogP contribution in [-0.4, -0.2) is 63.5 Å². The highest BCUT2D eigenvalue weighted by Crippen LogP contribution is 2.50. The Labute approximate surface area is 275 Å². The molecule has 0 radical (unpaired) electrons. The number of hydrogen-bond donors (Lipinski definition) is 1. The molecule has 1 N–H and O–H groups in total. The lowest BCUT2D eigenvalue weighted by molar-refractivity contribution is -0.144. The number of phenolic OH excluding ortho intramolecular Hbond substituents is 1. The number of nitrogens with zero attached hydrogens (tertiary/aromatic N) is 3. The standard InChI is InChI=1S/C38H40ClN3O4/c1-24-19-30-36(38(45)42(37(30)44)28-14-17-41(18-15-28)22-25-7-3-2-4-8-25)31-23-46-34(35(24)31)13-11-27(33-9-5-6-16-40-33)20-26-10-12-29(43)21-32(26)39/h2-10,12,16,20-21,28,30-31,34,36,43H,11,13-15,17-19,22-23H2,1H3/b27-20-/t30-,31+,34-,36-/m1/s1. The van der Waals surface area contributed by atoms with E-state index in [1.807, 2.05) is 30.3 Å². The molecule has 1 aliphatic carbocycles. The Hall–Kier alpha value is -3.78. The maximum atomic E-state index is 14.1. The second-order valence-electron chi connectivity index (χ2n) is 13.2. The second kappa shape index (κ2) is 13.1. The third kappa shape index (κ3) is 6.04. The topological polar surface area (TPSA) is 83.0 Å². The second-order valence-corrected chi connectivity index (χ2v) is 13.6. The summed E-state index contributed by atoms with van der Waals surface area (Å²) in [4.78, 5) is 36.6. The van der Waals surface area contributed by atoms with Crippen LogP contribution in [0.1, 0.15) is 55.8 Å². The average molecular weight is 638 g/mol. The van der Waals surface area contributed by atoms with Crippen LogP contribution in [0, 0.1) is 17.8 Å². The molecule has 7 rings (SSSR count). The van der Waals surface area contributed by atoms with Crippen molar-refractivity contribution in [1.29, 1.82) is 0 Å². The van der Waals surface area contributed by atoms with Crippen LogP contribution in [0.4, 0.5) is 0 Å². The van der Waals surface area contributed by atoms with Gasteiger partial charge in [0.1, 0.15) is 5.75 Å². The number of imide groups is 1. The number of pyridine rings is 1. The molecule has 3 saturated heterocycles. The molecule has 4 heterocycles. The van der Waals surface area contributed by atoms with Crippen LogP contribution in [0.15, 0.2) is 84.1 Å². The van der Waals surface area contributed by atoms with Crippen LogP contribution in [0.2, 0.25) is 5.02 Å². The highest BCUT2D eigenvalue weighted by atomic mass is 35.5. The summed E-state index contributed by atoms with van der Waals surface area (Å²) in [5, 5.41) is 10.3. The highest BCUT2D eigenvalue weighted by Gasteiger charge is 2.57. The van der Waals surface area contributed by atoms with Gasteiger partial charge >= 0.3 is 0 Å². The van der Waals surface area contributed by atoms with Gasteiger partial charge in [-0.1, -0.05) is 53.6 Å². The summed E-state index contributed by atoms with van der Waals surface area (Å²) in [5.74, 6) is -0.530. The minimum Gasteiger partial charge on any atom is -0.508 e. The van der Waals surface area contributed by atoms with Crippen molar-refractivity contribution in [2.45, 2.75) is 57.7 Å². The Morgan fingerprint density at radius 1 is 1.02 bits per heavy atom. The first-order valence-corrected chi connectivity index (χ1v) is 16.8. The third-order valence-corrected chi connectivity index (χ3v) is 10.7. The number of aromatic hydroxyl groups is 1. The Morgan fingerprint density at radius 3 is 2.54 bits per heavy atom. The average Bonchev–Trinajstić information content (AvgIpc) is 3.60. The van der Waals surface area contributed by atoms with E-state index < -0.39 is 0 Å². The van der Waals surface area contributed by atoms with Gasteiger partial charge in [-0.25, -0.2) is 0 Å². The molecular weight excluding hydrogens is 598 g/mol. The lowest BCUT2D eigenvalue weighted by atomic mass is 9.70. The lowest BCUT2D eigenvalue weighted by Gasteiger charge is -2.36. The molecule has 0 bridgehead atoms. The SMILES string of the molecule is CC1=C2[C@@H](CC/C(=C/c3ccc(O)cc3Cl)c3ccccn3)OC[C@@H]2[C@@H]2C(=O)N(C3CCN(Cc4ccccc4)CC3)C(=O)[C@@H]2C1. The first-order chi connectivity index (χ1) is 22.4. The molecule has 3 fully saturated rings. The van der Waals surface area contributed by atoms with Crippen molar-refractivity contribution < 1.29 is 19.4 Å². The quantitative estimate of drug-likeness (QED) is 0.217. The van der Waals surface area contributed by atoms with E-state index in [-0.39, 0.29) is 47.5 Å². The summed E-state index contributed by atoms with van der Waals surface area (Å²) in [5.41, 5.74) is 6.38. The monoisotopic (exact) mass is 637 g/mol. The molecule has 0 unspecified atom stereocenters. The van der Waals surface area contributed by atoms with Crippen LogP contribution >= 0.6 is 11.6 Å². The summed E-state index contributed by atoms with van der Waals surface area (Å²) < 4.78 is 6.44. The van der Waals surface area contributed by atoms with E-state index >= 15 is 0 Å². The highest BCUT2D eigenvalue weighted by molar-refractivity contribution is 6.32. The summed E-state index contributed by atoms with van der Waals surface area (Å²) in [7, 11) is 0. The number of likely N-dealkylation sites (tertiary alicyclic amines) is 2. The smallest absolute Gasteiger partial charge is 0.234 e. The van der Waals surface area contributed by atoms with Gasteiger partial charge in [-0.2, -0.15) is 0 Å². The molecule has 3 aliphatic heterocycles. The number of hydrogen-bond acceptors (Lipinski definition) is 6. The van der Waals surface area contributed by atoms with Crippen molar-refractivity contribution in [3.8, 4) is 5.75 Å². The van der Waals surface area contributed by atoms with E-state index in [0.29, 0.717) is 24.5 Å². The number of carbonyl (C=O) groups excluding carboxylic acids is 2. The number of halogens is 1. The largest absolute Gasteiger partial charge is 0.508 e. The predicted molar refractivity (Wildman–Crippen MR) is 179 cm³/mol. The molecule has 0 spiro atoms. The fourth-order valence-electron chi connectivity index (χ4n) is 8.12. The van der Waals surface area contributed by atoms with Gasteiger partial charge in [-0.3, -0.25) is 24.4 Å². The molecule has 7 nitrogen and oxygen atoms in total. The molecular formula is C38H40ClN3O4. The Bertz CT molecular complexity index is 1670. The zero-order chi connectivity index (χ0) is 31.8. The van der Waals surface area contributed by atoms with E-state index in [2.05, 4.69) is 41.1 Å². The molecule has 4 aliphatic rings. The predicted octanol–water partition coefficient (Wildman–Crippen LogP) is 6.76. The number of aromatic nitrogens is 1. The van der Waals surface area contributed by atoms with Crippen LogP contribution in [-0.2, 0) is 20.9 Å². The fraction of sp³-hybridized carbons (Fsp3) is 0.395. The van der Waals surface area contributed by atoms with Crippen molar-refractivity contribution in [2.24, 2.45) is 17.8 Å². The number of carbonyl (C=O) groups is 2. The van der Waals surface area contributed by atoms with Gasteiger partial charge in [0.05, 0.1) is 35.3 Å². The van der Waals surface area contributed by atoms with E-state index in [1.165, 1.54) is 22.8 Å². The number of phenols is 1. The normalized spacial score (nSPS) is 25.7. The van der Waals surface area contributed by atoms with Gasteiger partial charge in [0.2, 0.25) is 11.8 Å². The van der Waals surface area contributed by atoms with E-state index in [9.17, 15) is 14.7 Å². The van der Waals surface area contributed by atoms with Gasteiger partial charge in [0.25, 0.3) is 0 Å². The van der Waals surface area contributed by atoms with Crippen molar-refractivity contribution in [1.82, 2.24) is 14.8 Å². The van der Waals surface area contributed by atoms with Gasteiger partial charge < -0.3 is 9.84 Å². The van der Waals surface area contributed by atoms with Gasteiger partial charge in [-0.05, 0) is 97.7 Å².